The van der Waals surface area contributed by atoms with Crippen molar-refractivity contribution < 1.29 is 9.53 Å². The number of nitrogens with zero attached hydrogens (tertiary/aromatic N) is 2. The first-order valence-corrected chi connectivity index (χ1v) is 8.20. The van der Waals surface area contributed by atoms with Gasteiger partial charge in [-0.15, -0.1) is 11.8 Å². The van der Waals surface area contributed by atoms with Crippen LogP contribution in [0.4, 0.5) is 5.82 Å². The molecule has 1 heterocycles. The number of esters is 1. The Morgan fingerprint density at radius 1 is 1.45 bits per heavy atom. The number of hydrogen-bond donors (Lipinski definition) is 1. The van der Waals surface area contributed by atoms with Crippen molar-refractivity contribution in [3.05, 3.63) is 12.4 Å². The zero-order valence-corrected chi connectivity index (χ0v) is 12.8. The molecule has 0 aliphatic heterocycles. The molecule has 1 aromatic heterocycles. The van der Waals surface area contributed by atoms with E-state index < -0.39 is 5.41 Å². The molecule has 1 aliphatic carbocycles. The molecule has 1 aromatic rings. The molecule has 2 rings (SSSR count). The van der Waals surface area contributed by atoms with E-state index in [9.17, 15) is 4.79 Å². The highest BCUT2D eigenvalue weighted by Gasteiger charge is 2.42. The number of ether oxygens (including phenoxy) is 1. The van der Waals surface area contributed by atoms with Gasteiger partial charge in [0.2, 0.25) is 0 Å². The van der Waals surface area contributed by atoms with Crippen LogP contribution in [0.1, 0.15) is 32.6 Å². The van der Waals surface area contributed by atoms with Gasteiger partial charge in [-0.3, -0.25) is 9.78 Å². The molecule has 0 atom stereocenters. The first-order valence-electron chi connectivity index (χ1n) is 6.97. The SMILES string of the molecule is CCOC(=O)C1(CNc2cncc(SC)n2)CCCC1. The Hall–Kier alpha value is -1.30. The monoisotopic (exact) mass is 295 g/mol. The van der Waals surface area contributed by atoms with E-state index in [-0.39, 0.29) is 5.97 Å². The molecule has 0 aromatic carbocycles. The van der Waals surface area contributed by atoms with E-state index in [1.54, 1.807) is 24.2 Å². The third-order valence-corrected chi connectivity index (χ3v) is 4.31. The second kappa shape index (κ2) is 6.92. The fourth-order valence-electron chi connectivity index (χ4n) is 2.58. The van der Waals surface area contributed by atoms with Crippen LogP contribution in [0.2, 0.25) is 0 Å². The van der Waals surface area contributed by atoms with Gasteiger partial charge in [0.05, 0.1) is 24.4 Å². The molecule has 5 nitrogen and oxygen atoms in total. The average Bonchev–Trinajstić information content (AvgIpc) is 2.96. The van der Waals surface area contributed by atoms with E-state index in [1.165, 1.54) is 0 Å². The molecule has 20 heavy (non-hydrogen) atoms. The van der Waals surface area contributed by atoms with Crippen molar-refractivity contribution in [2.75, 3.05) is 24.7 Å². The van der Waals surface area contributed by atoms with Crippen LogP contribution >= 0.6 is 11.8 Å². The Labute approximate surface area is 123 Å². The van der Waals surface area contributed by atoms with Crippen LogP contribution in [0.5, 0.6) is 0 Å². The van der Waals surface area contributed by atoms with Gasteiger partial charge in [0.15, 0.2) is 0 Å². The predicted octanol–water partition coefficient (Wildman–Crippen LogP) is 2.73. The van der Waals surface area contributed by atoms with Crippen LogP contribution in [0.3, 0.4) is 0 Å². The highest BCUT2D eigenvalue weighted by molar-refractivity contribution is 7.98. The standard InChI is InChI=1S/C14H21N3O2S/c1-3-19-13(18)14(6-4-5-7-14)10-16-11-8-15-9-12(17-11)20-2/h8-9H,3-7,10H2,1-2H3,(H,16,17). The molecule has 0 bridgehead atoms. The topological polar surface area (TPSA) is 64.1 Å². The molecular formula is C14H21N3O2S. The Morgan fingerprint density at radius 2 is 2.20 bits per heavy atom. The smallest absolute Gasteiger partial charge is 0.313 e. The number of thioether (sulfide) groups is 1. The van der Waals surface area contributed by atoms with E-state index in [4.69, 9.17) is 4.74 Å². The summed E-state index contributed by atoms with van der Waals surface area (Å²) in [5.74, 6) is 0.631. The van der Waals surface area contributed by atoms with Crippen molar-refractivity contribution in [1.82, 2.24) is 9.97 Å². The van der Waals surface area contributed by atoms with Crippen LogP contribution in [-0.4, -0.2) is 35.3 Å². The van der Waals surface area contributed by atoms with Crippen LogP contribution in [0.15, 0.2) is 17.4 Å². The van der Waals surface area contributed by atoms with Crippen LogP contribution in [0.25, 0.3) is 0 Å². The summed E-state index contributed by atoms with van der Waals surface area (Å²) in [6, 6.07) is 0. The number of anilines is 1. The molecule has 6 heteroatoms. The summed E-state index contributed by atoms with van der Waals surface area (Å²) >= 11 is 1.55. The van der Waals surface area contributed by atoms with E-state index in [0.29, 0.717) is 19.0 Å². The van der Waals surface area contributed by atoms with Crippen LogP contribution in [0, 0.1) is 5.41 Å². The zero-order valence-electron chi connectivity index (χ0n) is 12.0. The summed E-state index contributed by atoms with van der Waals surface area (Å²) in [6.45, 7) is 2.85. The zero-order chi connectivity index (χ0) is 14.4. The van der Waals surface area contributed by atoms with Crippen LogP contribution in [-0.2, 0) is 9.53 Å². The number of carbonyl (C=O) groups excluding carboxylic acids is 1. The minimum Gasteiger partial charge on any atom is -0.466 e. The highest BCUT2D eigenvalue weighted by Crippen LogP contribution is 2.39. The lowest BCUT2D eigenvalue weighted by Gasteiger charge is -2.26. The van der Waals surface area contributed by atoms with Gasteiger partial charge < -0.3 is 10.1 Å². The van der Waals surface area contributed by atoms with Crippen molar-refractivity contribution in [2.24, 2.45) is 5.41 Å². The molecule has 1 saturated carbocycles. The van der Waals surface area contributed by atoms with Gasteiger partial charge in [-0.1, -0.05) is 12.8 Å². The summed E-state index contributed by atoms with van der Waals surface area (Å²) < 4.78 is 5.24. The summed E-state index contributed by atoms with van der Waals surface area (Å²) in [5.41, 5.74) is -0.396. The average molecular weight is 295 g/mol. The lowest BCUT2D eigenvalue weighted by Crippen LogP contribution is -2.37. The third-order valence-electron chi connectivity index (χ3n) is 3.70. The molecule has 0 amide bonds. The second-order valence-electron chi connectivity index (χ2n) is 5.01. The summed E-state index contributed by atoms with van der Waals surface area (Å²) in [5, 5.41) is 4.12. The van der Waals surface area contributed by atoms with Gasteiger partial charge in [-0.2, -0.15) is 0 Å². The van der Waals surface area contributed by atoms with Gasteiger partial charge in [0.25, 0.3) is 0 Å². The van der Waals surface area contributed by atoms with Gasteiger partial charge >= 0.3 is 5.97 Å². The number of rotatable bonds is 6. The number of aromatic nitrogens is 2. The van der Waals surface area contributed by atoms with E-state index in [0.717, 1.165) is 30.7 Å². The highest BCUT2D eigenvalue weighted by atomic mass is 32.2. The first-order chi connectivity index (χ1) is 9.70. The Morgan fingerprint density at radius 3 is 2.85 bits per heavy atom. The minimum atomic E-state index is -0.396. The van der Waals surface area contributed by atoms with Crippen LogP contribution < -0.4 is 5.32 Å². The van der Waals surface area contributed by atoms with Gasteiger partial charge in [-0.05, 0) is 26.0 Å². The summed E-state index contributed by atoms with van der Waals surface area (Å²) in [6.07, 6.45) is 9.31. The van der Waals surface area contributed by atoms with E-state index in [2.05, 4.69) is 15.3 Å². The van der Waals surface area contributed by atoms with E-state index >= 15 is 0 Å². The van der Waals surface area contributed by atoms with Gasteiger partial charge in [0.1, 0.15) is 10.8 Å². The second-order valence-corrected chi connectivity index (χ2v) is 5.83. The molecule has 0 saturated heterocycles. The molecule has 0 radical (unpaired) electrons. The van der Waals surface area contributed by atoms with Crippen molar-refractivity contribution in [3.63, 3.8) is 0 Å². The maximum absolute atomic E-state index is 12.2. The maximum Gasteiger partial charge on any atom is 0.313 e. The Bertz CT molecular complexity index is 461. The molecule has 0 spiro atoms. The van der Waals surface area contributed by atoms with Gasteiger partial charge in [-0.25, -0.2) is 4.98 Å². The molecule has 1 N–H and O–H groups in total. The third kappa shape index (κ3) is 3.42. The lowest BCUT2D eigenvalue weighted by molar-refractivity contribution is -0.154. The van der Waals surface area contributed by atoms with Crippen molar-refractivity contribution in [2.45, 2.75) is 37.6 Å². The number of carbonyl (C=O) groups is 1. The van der Waals surface area contributed by atoms with Gasteiger partial charge in [0, 0.05) is 6.54 Å². The predicted molar refractivity (Wildman–Crippen MR) is 79.8 cm³/mol. The Balaban J connectivity index is 2.03. The first kappa shape index (κ1) is 15.1. The fraction of sp³-hybridized carbons (Fsp3) is 0.643. The molecule has 0 unspecified atom stereocenters. The van der Waals surface area contributed by atoms with Crippen molar-refractivity contribution >= 4 is 23.5 Å². The maximum atomic E-state index is 12.2. The summed E-state index contributed by atoms with van der Waals surface area (Å²) in [4.78, 5) is 20.8. The Kier molecular flexibility index (Phi) is 5.23. The molecular weight excluding hydrogens is 274 g/mol. The van der Waals surface area contributed by atoms with Crippen molar-refractivity contribution in [3.8, 4) is 0 Å². The normalized spacial score (nSPS) is 16.9. The molecule has 110 valence electrons. The lowest BCUT2D eigenvalue weighted by atomic mass is 9.86. The molecule has 1 aliphatic rings. The molecule has 1 fully saturated rings. The van der Waals surface area contributed by atoms with Crippen molar-refractivity contribution in [1.29, 1.82) is 0 Å². The summed E-state index contributed by atoms with van der Waals surface area (Å²) in [7, 11) is 0. The number of hydrogen-bond acceptors (Lipinski definition) is 6. The minimum absolute atomic E-state index is 0.0843. The van der Waals surface area contributed by atoms with E-state index in [1.807, 2.05) is 13.2 Å². The largest absolute Gasteiger partial charge is 0.466 e. The number of nitrogens with one attached hydrogen (secondary N) is 1. The quantitative estimate of drug-likeness (QED) is 0.643. The fourth-order valence-corrected chi connectivity index (χ4v) is 2.94.